The summed E-state index contributed by atoms with van der Waals surface area (Å²) in [4.78, 5) is 23.8. The van der Waals surface area contributed by atoms with Crippen LogP contribution in [0.5, 0.6) is 0 Å². The van der Waals surface area contributed by atoms with Gasteiger partial charge >= 0.3 is 0 Å². The Kier molecular flexibility index (Phi) is 4.96. The van der Waals surface area contributed by atoms with Crippen molar-refractivity contribution >= 4 is 44.9 Å². The van der Waals surface area contributed by atoms with Crippen molar-refractivity contribution < 1.29 is 4.79 Å². The molecule has 1 aliphatic carbocycles. The van der Waals surface area contributed by atoms with E-state index in [0.717, 1.165) is 39.9 Å². The molecule has 6 heteroatoms. The van der Waals surface area contributed by atoms with Crippen LogP contribution < -0.4 is 5.32 Å². The summed E-state index contributed by atoms with van der Waals surface area (Å²) < 4.78 is 0. The number of hydrogen-bond acceptors (Lipinski definition) is 5. The largest absolute Gasteiger partial charge is 0.325 e. The van der Waals surface area contributed by atoms with Crippen LogP contribution in [0.25, 0.3) is 10.2 Å². The number of para-hydroxylation sites is 1. The lowest BCUT2D eigenvalue weighted by molar-refractivity contribution is -0.113. The lowest BCUT2D eigenvalue weighted by Crippen LogP contribution is -2.15. The molecule has 0 aliphatic heterocycles. The third-order valence-electron chi connectivity index (χ3n) is 4.82. The number of nitrogens with one attached hydrogen (secondary N) is 1. The van der Waals surface area contributed by atoms with Crippen molar-refractivity contribution in [3.8, 4) is 0 Å². The summed E-state index contributed by atoms with van der Waals surface area (Å²) in [5, 5.41) is 5.10. The summed E-state index contributed by atoms with van der Waals surface area (Å²) in [6, 6.07) is 7.83. The molecule has 4 rings (SSSR count). The van der Waals surface area contributed by atoms with Crippen molar-refractivity contribution in [2.24, 2.45) is 5.92 Å². The van der Waals surface area contributed by atoms with Crippen molar-refractivity contribution in [1.82, 2.24) is 9.97 Å². The van der Waals surface area contributed by atoms with E-state index in [9.17, 15) is 4.79 Å². The summed E-state index contributed by atoms with van der Waals surface area (Å²) in [7, 11) is 0. The van der Waals surface area contributed by atoms with Crippen molar-refractivity contribution in [1.29, 1.82) is 0 Å². The molecule has 1 aliphatic rings. The maximum atomic E-state index is 12.4. The Morgan fingerprint density at radius 3 is 3.04 bits per heavy atom. The van der Waals surface area contributed by atoms with E-state index in [-0.39, 0.29) is 5.91 Å². The molecule has 0 radical (unpaired) electrons. The van der Waals surface area contributed by atoms with Crippen LogP contribution in [0.15, 0.2) is 35.6 Å². The number of hydrogen-bond donors (Lipinski definition) is 1. The van der Waals surface area contributed by atoms with E-state index in [1.165, 1.54) is 34.0 Å². The normalized spacial score (nSPS) is 16.5. The molecule has 0 spiro atoms. The molecule has 1 atom stereocenters. The lowest BCUT2D eigenvalue weighted by Gasteiger charge is -2.18. The molecule has 2 heterocycles. The highest BCUT2D eigenvalue weighted by Gasteiger charge is 2.23. The number of amides is 1. The van der Waals surface area contributed by atoms with E-state index in [2.05, 4.69) is 22.2 Å². The monoisotopic (exact) mass is 383 g/mol. The fourth-order valence-corrected chi connectivity index (χ4v) is 5.63. The Morgan fingerprint density at radius 2 is 2.19 bits per heavy atom. The van der Waals surface area contributed by atoms with Crippen LogP contribution in [0.3, 0.4) is 0 Å². The molecule has 2 aromatic heterocycles. The van der Waals surface area contributed by atoms with Crippen LogP contribution in [-0.2, 0) is 17.6 Å². The fourth-order valence-electron chi connectivity index (χ4n) is 3.39. The number of aryl methyl sites for hydroxylation is 2. The average molecular weight is 384 g/mol. The Morgan fingerprint density at radius 1 is 1.35 bits per heavy atom. The fraction of sp³-hybridized carbons (Fsp3) is 0.350. The van der Waals surface area contributed by atoms with E-state index < -0.39 is 0 Å². The van der Waals surface area contributed by atoms with Gasteiger partial charge in [0.25, 0.3) is 0 Å². The molecular formula is C20H21N3OS2. The minimum atomic E-state index is -0.00576. The Balaban J connectivity index is 1.52. The molecule has 1 unspecified atom stereocenters. The predicted molar refractivity (Wildman–Crippen MR) is 109 cm³/mol. The second-order valence-electron chi connectivity index (χ2n) is 6.86. The minimum Gasteiger partial charge on any atom is -0.325 e. The third kappa shape index (κ3) is 3.48. The van der Waals surface area contributed by atoms with E-state index in [4.69, 9.17) is 0 Å². The van der Waals surface area contributed by atoms with Gasteiger partial charge in [-0.2, -0.15) is 0 Å². The molecule has 134 valence electrons. The molecular weight excluding hydrogens is 362 g/mol. The quantitative estimate of drug-likeness (QED) is 0.517. The van der Waals surface area contributed by atoms with Gasteiger partial charge in [-0.3, -0.25) is 4.79 Å². The number of nitrogens with zero attached hydrogens (tertiary/aromatic N) is 2. The van der Waals surface area contributed by atoms with E-state index in [1.807, 2.05) is 31.2 Å². The molecule has 0 saturated carbocycles. The van der Waals surface area contributed by atoms with Gasteiger partial charge in [-0.15, -0.1) is 11.3 Å². The molecule has 0 bridgehead atoms. The van der Waals surface area contributed by atoms with Gasteiger partial charge in [0.1, 0.15) is 16.2 Å². The van der Waals surface area contributed by atoms with Crippen molar-refractivity contribution in [2.75, 3.05) is 11.1 Å². The molecule has 1 amide bonds. The maximum absolute atomic E-state index is 12.4. The van der Waals surface area contributed by atoms with Gasteiger partial charge in [-0.25, -0.2) is 9.97 Å². The molecule has 4 nitrogen and oxygen atoms in total. The van der Waals surface area contributed by atoms with E-state index in [0.29, 0.717) is 5.75 Å². The molecule has 0 saturated heterocycles. The van der Waals surface area contributed by atoms with Gasteiger partial charge in [0, 0.05) is 16.0 Å². The van der Waals surface area contributed by atoms with E-state index in [1.54, 1.807) is 17.7 Å². The first-order valence-corrected chi connectivity index (χ1v) is 10.7. The van der Waals surface area contributed by atoms with Crippen molar-refractivity contribution in [3.63, 3.8) is 0 Å². The summed E-state index contributed by atoms with van der Waals surface area (Å²) in [6.45, 7) is 4.31. The van der Waals surface area contributed by atoms with Crippen LogP contribution in [-0.4, -0.2) is 21.6 Å². The summed E-state index contributed by atoms with van der Waals surface area (Å²) in [5.74, 6) is 1.08. The first kappa shape index (κ1) is 17.5. The number of rotatable bonds is 4. The van der Waals surface area contributed by atoms with Gasteiger partial charge in [-0.05, 0) is 49.3 Å². The number of anilines is 1. The van der Waals surface area contributed by atoms with Crippen LogP contribution >= 0.6 is 23.1 Å². The zero-order valence-electron chi connectivity index (χ0n) is 14.9. The zero-order chi connectivity index (χ0) is 18.1. The van der Waals surface area contributed by atoms with Crippen LogP contribution in [0.4, 0.5) is 5.69 Å². The second-order valence-corrected chi connectivity index (χ2v) is 8.91. The van der Waals surface area contributed by atoms with Crippen LogP contribution in [0.2, 0.25) is 0 Å². The smallest absolute Gasteiger partial charge is 0.234 e. The number of carbonyl (C=O) groups excluding carboxylic acids is 1. The molecule has 26 heavy (non-hydrogen) atoms. The highest BCUT2D eigenvalue weighted by atomic mass is 32.2. The van der Waals surface area contributed by atoms with Crippen LogP contribution in [0.1, 0.15) is 29.3 Å². The topological polar surface area (TPSA) is 54.9 Å². The number of fused-ring (bicyclic) bond motifs is 3. The molecule has 3 aromatic rings. The van der Waals surface area contributed by atoms with Gasteiger partial charge in [-0.1, -0.05) is 36.9 Å². The number of carbonyl (C=O) groups is 1. The molecule has 1 N–H and O–H groups in total. The Bertz CT molecular complexity index is 967. The number of thioether (sulfide) groups is 1. The Labute approximate surface area is 161 Å². The maximum Gasteiger partial charge on any atom is 0.234 e. The number of benzene rings is 1. The zero-order valence-corrected chi connectivity index (χ0v) is 16.5. The first-order valence-electron chi connectivity index (χ1n) is 8.85. The van der Waals surface area contributed by atoms with Gasteiger partial charge < -0.3 is 5.32 Å². The first-order chi connectivity index (χ1) is 12.6. The van der Waals surface area contributed by atoms with Gasteiger partial charge in [0.2, 0.25) is 5.91 Å². The average Bonchev–Trinajstić information content (AvgIpc) is 3.00. The number of aromatic nitrogens is 2. The predicted octanol–water partition coefficient (Wildman–Crippen LogP) is 4.86. The summed E-state index contributed by atoms with van der Waals surface area (Å²) in [5.41, 5.74) is 3.34. The van der Waals surface area contributed by atoms with E-state index >= 15 is 0 Å². The highest BCUT2D eigenvalue weighted by molar-refractivity contribution is 8.00. The number of thiophene rings is 1. The standard InChI is InChI=1S/C20H21N3OS2/c1-12-7-8-14-16(9-12)26-20-18(14)19(21-11-22-20)25-10-17(24)23-15-6-4-3-5-13(15)2/h3-6,11-12H,7-10H2,1-2H3,(H,23,24). The second kappa shape index (κ2) is 7.37. The third-order valence-corrected chi connectivity index (χ3v) is 6.97. The molecule has 1 aromatic carbocycles. The minimum absolute atomic E-state index is 0.00576. The molecule has 0 fully saturated rings. The van der Waals surface area contributed by atoms with Gasteiger partial charge in [0.15, 0.2) is 0 Å². The SMILES string of the molecule is Cc1ccccc1NC(=O)CSc1ncnc2sc3c(c12)CCC(C)C3. The Hall–Kier alpha value is -1.92. The van der Waals surface area contributed by atoms with Gasteiger partial charge in [0.05, 0.1) is 5.75 Å². The summed E-state index contributed by atoms with van der Waals surface area (Å²) in [6.07, 6.45) is 5.06. The van der Waals surface area contributed by atoms with Crippen LogP contribution in [0, 0.1) is 12.8 Å². The van der Waals surface area contributed by atoms with Crippen molar-refractivity contribution in [3.05, 3.63) is 46.6 Å². The van der Waals surface area contributed by atoms with Crippen molar-refractivity contribution in [2.45, 2.75) is 38.1 Å². The summed E-state index contributed by atoms with van der Waals surface area (Å²) >= 11 is 3.30. The highest BCUT2D eigenvalue weighted by Crippen LogP contribution is 2.40. The lowest BCUT2D eigenvalue weighted by atomic mass is 9.89.